The number of nitrogens with zero attached hydrogens (tertiary/aromatic N) is 9. The molecule has 0 radical (unpaired) electrons. The van der Waals surface area contributed by atoms with Crippen LogP contribution in [0.15, 0.2) is 75.9 Å². The van der Waals surface area contributed by atoms with Gasteiger partial charge in [0.15, 0.2) is 17.3 Å². The zero-order valence-electron chi connectivity index (χ0n) is 31.3. The van der Waals surface area contributed by atoms with Gasteiger partial charge in [-0.1, -0.05) is 59.4 Å². The number of thiophene rings is 2. The van der Waals surface area contributed by atoms with Crippen LogP contribution in [0.4, 0.5) is 11.4 Å². The van der Waals surface area contributed by atoms with Gasteiger partial charge in [0.25, 0.3) is 0 Å². The molecule has 8 aromatic rings. The van der Waals surface area contributed by atoms with Crippen molar-refractivity contribution >= 4 is 87.9 Å². The van der Waals surface area contributed by atoms with Crippen molar-refractivity contribution in [1.29, 1.82) is 0 Å². The summed E-state index contributed by atoms with van der Waals surface area (Å²) in [6, 6.07) is 11.8. The number of aromatic nitrogens is 9. The zero-order chi connectivity index (χ0) is 39.5. The largest absolute Gasteiger partial charge is 0.611 e. The molecule has 2 atom stereocenters. The predicted molar refractivity (Wildman–Crippen MR) is 229 cm³/mol. The Morgan fingerprint density at radius 2 is 1.59 bits per heavy atom. The highest BCUT2D eigenvalue weighted by atomic mass is 32.2. The monoisotopic (exact) mass is 847 g/mol. The molecule has 2 unspecified atom stereocenters. The number of fused-ring (bicyclic) bond motifs is 3. The number of nitrogens with two attached hydrogens (primary N) is 2. The molecule has 0 bridgehead atoms. The van der Waals surface area contributed by atoms with E-state index in [1.165, 1.54) is 29.0 Å². The second-order valence-corrected chi connectivity index (χ2v) is 20.4. The smallest absolute Gasteiger partial charge is 0.232 e. The summed E-state index contributed by atoms with van der Waals surface area (Å²) < 4.78 is 35.6. The minimum Gasteiger partial charge on any atom is -0.611 e. The molecule has 0 aliphatic heterocycles. The highest BCUT2D eigenvalue weighted by Crippen LogP contribution is 2.48. The number of anilines is 2. The van der Waals surface area contributed by atoms with E-state index in [-0.39, 0.29) is 5.25 Å². The van der Waals surface area contributed by atoms with Gasteiger partial charge < -0.3 is 25.3 Å². The molecule has 1 aromatic carbocycles. The van der Waals surface area contributed by atoms with Crippen LogP contribution in [0.3, 0.4) is 0 Å². The van der Waals surface area contributed by atoms with E-state index in [9.17, 15) is 9.11 Å². The van der Waals surface area contributed by atoms with Crippen molar-refractivity contribution in [3.63, 3.8) is 0 Å². The van der Waals surface area contributed by atoms with Gasteiger partial charge in [0.05, 0.1) is 34.3 Å². The van der Waals surface area contributed by atoms with Crippen molar-refractivity contribution in [3.05, 3.63) is 73.2 Å². The molecule has 0 spiro atoms. The summed E-state index contributed by atoms with van der Waals surface area (Å²) in [5.41, 5.74) is 19.0. The molecular weight excluding hydrogens is 811 g/mol. The number of hydrogen-bond donors (Lipinski definition) is 2. The molecule has 58 heavy (non-hydrogen) atoms. The minimum absolute atomic E-state index is 0.00717. The van der Waals surface area contributed by atoms with E-state index in [0.717, 1.165) is 70.1 Å². The number of methoxy groups -OCH3 is 1. The topological polar surface area (TPSA) is 215 Å². The van der Waals surface area contributed by atoms with Gasteiger partial charge in [-0.3, -0.25) is 4.68 Å². The number of ether oxygens (including phenoxy) is 1. The summed E-state index contributed by atoms with van der Waals surface area (Å²) in [7, 11) is 1.59. The quantitative estimate of drug-likeness (QED) is 0.119. The van der Waals surface area contributed by atoms with Crippen molar-refractivity contribution in [3.8, 4) is 34.0 Å². The van der Waals surface area contributed by atoms with E-state index >= 15 is 0 Å². The molecular formula is C40H37N11O3S4. The van der Waals surface area contributed by atoms with Gasteiger partial charge in [0.1, 0.15) is 38.4 Å². The second kappa shape index (κ2) is 15.4. The van der Waals surface area contributed by atoms with E-state index in [2.05, 4.69) is 9.97 Å². The summed E-state index contributed by atoms with van der Waals surface area (Å²) in [5, 5.41) is 7.17. The van der Waals surface area contributed by atoms with Gasteiger partial charge in [0.2, 0.25) is 8.42 Å². The van der Waals surface area contributed by atoms with Crippen LogP contribution >= 0.6 is 22.7 Å². The van der Waals surface area contributed by atoms with E-state index in [0.29, 0.717) is 83.7 Å². The number of hydrogen-bond acceptors (Lipinski definition) is 15. The van der Waals surface area contributed by atoms with Crippen LogP contribution in [0.1, 0.15) is 43.7 Å². The molecule has 4 N–H and O–H groups in total. The highest BCUT2D eigenvalue weighted by Gasteiger charge is 2.42. The Hall–Kier alpha value is -4.82. The van der Waals surface area contributed by atoms with E-state index in [1.54, 1.807) is 25.7 Å². The first-order valence-electron chi connectivity index (χ1n) is 18.9. The lowest BCUT2D eigenvalue weighted by Gasteiger charge is -2.35. The van der Waals surface area contributed by atoms with E-state index in [1.807, 2.05) is 47.3 Å². The fourth-order valence-corrected chi connectivity index (χ4v) is 13.5. The summed E-state index contributed by atoms with van der Waals surface area (Å²) in [6.45, 7) is 1.04. The summed E-state index contributed by atoms with van der Waals surface area (Å²) in [5.74, 6) is 2.02. The maximum Gasteiger partial charge on any atom is 0.232 e. The van der Waals surface area contributed by atoms with Gasteiger partial charge in [-0.05, 0) is 24.8 Å². The Kier molecular flexibility index (Phi) is 9.95. The lowest BCUT2D eigenvalue weighted by Crippen LogP contribution is -2.38. The molecule has 2 saturated carbocycles. The third-order valence-electron chi connectivity index (χ3n) is 11.0. The van der Waals surface area contributed by atoms with Crippen molar-refractivity contribution in [2.75, 3.05) is 30.9 Å². The second-order valence-electron chi connectivity index (χ2n) is 14.7. The summed E-state index contributed by atoms with van der Waals surface area (Å²) in [6.07, 6.45) is 13.5. The first-order valence-corrected chi connectivity index (χ1v) is 23.1. The Balaban J connectivity index is 0.880. The lowest BCUT2D eigenvalue weighted by molar-refractivity contribution is 0.217. The maximum atomic E-state index is 14.0. The van der Waals surface area contributed by atoms with Crippen LogP contribution in [-0.4, -0.2) is 78.5 Å². The molecule has 18 heteroatoms. The Morgan fingerprint density at radius 3 is 2.33 bits per heavy atom. The highest BCUT2D eigenvalue weighted by molar-refractivity contribution is 7.94. The number of nitrogen functional groups attached to an aromatic ring is 2. The van der Waals surface area contributed by atoms with Gasteiger partial charge in [0, 0.05) is 96.1 Å². The lowest BCUT2D eigenvalue weighted by atomic mass is 9.81. The van der Waals surface area contributed by atoms with Gasteiger partial charge in [-0.15, -0.1) is 0 Å². The molecule has 14 nitrogen and oxygen atoms in total. The van der Waals surface area contributed by atoms with Crippen LogP contribution < -0.4 is 11.5 Å². The third-order valence-corrected chi connectivity index (χ3v) is 17.0. The van der Waals surface area contributed by atoms with Gasteiger partial charge >= 0.3 is 0 Å². The fourth-order valence-electron chi connectivity index (χ4n) is 7.65. The molecule has 2 aliphatic carbocycles. The Labute approximate surface area is 346 Å². The molecule has 0 saturated heterocycles. The van der Waals surface area contributed by atoms with E-state index < -0.39 is 22.4 Å². The van der Waals surface area contributed by atoms with Crippen LogP contribution in [0.2, 0.25) is 0 Å². The Bertz CT molecular complexity index is 2790. The summed E-state index contributed by atoms with van der Waals surface area (Å²) >= 11 is 0.129. The van der Waals surface area contributed by atoms with Crippen molar-refractivity contribution in [2.24, 2.45) is 5.92 Å². The maximum absolute atomic E-state index is 14.0. The molecule has 2 aliphatic rings. The van der Waals surface area contributed by atoms with Crippen molar-refractivity contribution in [2.45, 2.75) is 58.2 Å². The first-order chi connectivity index (χ1) is 28.3. The Morgan fingerprint density at radius 1 is 0.862 bits per heavy atom. The normalized spacial score (nSPS) is 18.1. The van der Waals surface area contributed by atoms with Crippen molar-refractivity contribution < 1.29 is 13.8 Å². The molecule has 7 aromatic heterocycles. The minimum atomic E-state index is -1.34. The molecule has 10 rings (SSSR count). The van der Waals surface area contributed by atoms with Crippen molar-refractivity contribution in [1.82, 2.24) is 44.7 Å². The average Bonchev–Trinajstić information content (AvgIpc) is 3.89. The van der Waals surface area contributed by atoms with Crippen LogP contribution in [0, 0.1) is 5.92 Å². The molecule has 0 amide bonds. The average molecular weight is 848 g/mol. The molecule has 2 fully saturated rings. The van der Waals surface area contributed by atoms with Crippen LogP contribution in [-0.2, 0) is 33.6 Å². The first kappa shape index (κ1) is 37.5. The van der Waals surface area contributed by atoms with Crippen LogP contribution in [0.5, 0.6) is 0 Å². The SMILES string of the molecule is COCC[S+]([O-])c1sc2nc(-c3cnc4nn(CC5CC([S+]([O-])c6sc7nc(-c8cncnc8)nc(C8CCC8)c7c6N)C5)cc4c3)nc(-c3ccccc3)c2c1N. The molecule has 7 heterocycles. The number of pyridine rings is 1. The van der Waals surface area contributed by atoms with Gasteiger partial charge in [-0.25, -0.2) is 34.9 Å². The van der Waals surface area contributed by atoms with Gasteiger partial charge in [-0.2, -0.15) is 5.10 Å². The third kappa shape index (κ3) is 6.75. The molecule has 294 valence electrons. The number of rotatable bonds is 12. The zero-order valence-corrected chi connectivity index (χ0v) is 34.5. The van der Waals surface area contributed by atoms with E-state index in [4.69, 9.17) is 46.2 Å². The standard InChI is InChI=1S/C40H37N11O3S4/c1-54-10-11-57(52)39-30(41)28-32(22-6-3-2-4-7-22)46-35(48-37(28)55-39)24-14-25-19-51(50-34(25)45-17-24)18-21-12-27(13-21)58(53)40-31(42)29-33(23-8-5-9-23)47-36(49-38(29)56-40)26-15-43-20-44-16-26/h2-4,6-7,14-17,19-21,23,27H,5,8-13,18,41-42H2,1H3. The fraction of sp³-hybridized carbons (Fsp3) is 0.300. The summed E-state index contributed by atoms with van der Waals surface area (Å²) in [4.78, 5) is 34.1. The number of benzene rings is 1. The van der Waals surface area contributed by atoms with Crippen LogP contribution in [0.25, 0.3) is 65.5 Å². The predicted octanol–water partition coefficient (Wildman–Crippen LogP) is 7.00.